The van der Waals surface area contributed by atoms with E-state index in [2.05, 4.69) is 41.3 Å². The lowest BCUT2D eigenvalue weighted by Gasteiger charge is -2.32. The van der Waals surface area contributed by atoms with Crippen molar-refractivity contribution in [2.45, 2.75) is 72.0 Å². The first-order valence-electron chi connectivity index (χ1n) is 10.7. The predicted octanol–water partition coefficient (Wildman–Crippen LogP) is 3.82. The van der Waals surface area contributed by atoms with Gasteiger partial charge in [-0.3, -0.25) is 14.4 Å². The van der Waals surface area contributed by atoms with Gasteiger partial charge in [0.05, 0.1) is 18.8 Å². The van der Waals surface area contributed by atoms with Gasteiger partial charge in [-0.15, -0.1) is 0 Å². The number of carbonyl (C=O) groups is 1. The summed E-state index contributed by atoms with van der Waals surface area (Å²) >= 11 is 0. The molecule has 1 aliphatic rings. The molecular formula is C23H34N4O. The van der Waals surface area contributed by atoms with Crippen LogP contribution in [0.2, 0.25) is 0 Å². The Labute approximate surface area is 169 Å². The highest BCUT2D eigenvalue weighted by atomic mass is 16.2. The molecule has 1 saturated carbocycles. The van der Waals surface area contributed by atoms with Crippen LogP contribution in [0.15, 0.2) is 30.3 Å². The Hall–Kier alpha value is -2.14. The van der Waals surface area contributed by atoms with E-state index >= 15 is 0 Å². The summed E-state index contributed by atoms with van der Waals surface area (Å²) in [6.45, 7) is 9.01. The first-order chi connectivity index (χ1) is 13.6. The van der Waals surface area contributed by atoms with Gasteiger partial charge in [-0.05, 0) is 38.8 Å². The molecule has 1 aromatic heterocycles. The number of benzene rings is 1. The van der Waals surface area contributed by atoms with Crippen LogP contribution >= 0.6 is 0 Å². The van der Waals surface area contributed by atoms with E-state index < -0.39 is 0 Å². The molecule has 0 atom stereocenters. The molecule has 1 fully saturated rings. The Morgan fingerprint density at radius 1 is 1.18 bits per heavy atom. The Morgan fingerprint density at radius 3 is 2.57 bits per heavy atom. The molecule has 0 bridgehead atoms. The monoisotopic (exact) mass is 382 g/mol. The smallest absolute Gasteiger partial charge is 0.234 e. The SMILES string of the molecule is CCN(CC(=O)NCc1c(C)nn(Cc2ccccc2)c1C)C1CCCCC1. The molecule has 1 aromatic carbocycles. The maximum Gasteiger partial charge on any atom is 0.234 e. The minimum absolute atomic E-state index is 0.113. The average Bonchev–Trinajstić information content (AvgIpc) is 2.98. The van der Waals surface area contributed by atoms with Crippen LogP contribution in [-0.4, -0.2) is 39.7 Å². The summed E-state index contributed by atoms with van der Waals surface area (Å²) in [5.41, 5.74) is 4.48. The number of nitrogens with one attached hydrogen (secondary N) is 1. The number of hydrogen-bond donors (Lipinski definition) is 1. The van der Waals surface area contributed by atoms with Crippen molar-refractivity contribution in [3.05, 3.63) is 52.8 Å². The zero-order valence-electron chi connectivity index (χ0n) is 17.6. The summed E-state index contributed by atoms with van der Waals surface area (Å²) in [5, 5.41) is 7.82. The van der Waals surface area contributed by atoms with Gasteiger partial charge < -0.3 is 5.32 Å². The second kappa shape index (κ2) is 9.87. The van der Waals surface area contributed by atoms with Crippen LogP contribution in [0.25, 0.3) is 0 Å². The van der Waals surface area contributed by atoms with Crippen LogP contribution in [0.5, 0.6) is 0 Å². The third-order valence-electron chi connectivity index (χ3n) is 6.01. The lowest BCUT2D eigenvalue weighted by Crippen LogP contribution is -2.43. The van der Waals surface area contributed by atoms with Gasteiger partial charge in [0.2, 0.25) is 5.91 Å². The Kier molecular flexibility index (Phi) is 7.26. The van der Waals surface area contributed by atoms with Crippen LogP contribution in [0.3, 0.4) is 0 Å². The van der Waals surface area contributed by atoms with E-state index in [-0.39, 0.29) is 5.91 Å². The lowest BCUT2D eigenvalue weighted by molar-refractivity contribution is -0.123. The van der Waals surface area contributed by atoms with E-state index in [4.69, 9.17) is 0 Å². The van der Waals surface area contributed by atoms with Crippen LogP contribution in [0.4, 0.5) is 0 Å². The van der Waals surface area contributed by atoms with Gasteiger partial charge in [-0.1, -0.05) is 56.5 Å². The van der Waals surface area contributed by atoms with Crippen LogP contribution < -0.4 is 5.32 Å². The molecule has 0 unspecified atom stereocenters. The minimum atomic E-state index is 0.113. The van der Waals surface area contributed by atoms with Gasteiger partial charge in [-0.2, -0.15) is 5.10 Å². The van der Waals surface area contributed by atoms with E-state index in [1.165, 1.54) is 37.7 Å². The normalized spacial score (nSPS) is 15.1. The van der Waals surface area contributed by atoms with Gasteiger partial charge in [-0.25, -0.2) is 0 Å². The number of aromatic nitrogens is 2. The summed E-state index contributed by atoms with van der Waals surface area (Å²) in [4.78, 5) is 14.9. The van der Waals surface area contributed by atoms with E-state index in [0.29, 0.717) is 19.1 Å². The molecule has 0 aliphatic heterocycles. The number of carbonyl (C=O) groups excluding carboxylic acids is 1. The molecule has 3 rings (SSSR count). The van der Waals surface area contributed by atoms with Crippen molar-refractivity contribution in [1.82, 2.24) is 20.0 Å². The number of rotatable bonds is 8. The molecule has 5 heteroatoms. The number of amides is 1. The topological polar surface area (TPSA) is 50.2 Å². The Balaban J connectivity index is 1.57. The first-order valence-corrected chi connectivity index (χ1v) is 10.7. The third-order valence-corrected chi connectivity index (χ3v) is 6.01. The minimum Gasteiger partial charge on any atom is -0.351 e. The molecular weight excluding hydrogens is 348 g/mol. The van der Waals surface area contributed by atoms with Gasteiger partial charge in [0.1, 0.15) is 0 Å². The molecule has 152 valence electrons. The summed E-state index contributed by atoms with van der Waals surface area (Å²) in [7, 11) is 0. The molecule has 1 amide bonds. The van der Waals surface area contributed by atoms with E-state index in [9.17, 15) is 4.79 Å². The van der Waals surface area contributed by atoms with Crippen LogP contribution in [0, 0.1) is 13.8 Å². The number of aryl methyl sites for hydroxylation is 1. The molecule has 1 N–H and O–H groups in total. The summed E-state index contributed by atoms with van der Waals surface area (Å²) < 4.78 is 2.03. The molecule has 5 nitrogen and oxygen atoms in total. The van der Waals surface area contributed by atoms with Crippen LogP contribution in [0.1, 0.15) is 61.5 Å². The molecule has 0 saturated heterocycles. The van der Waals surface area contributed by atoms with E-state index in [1.54, 1.807) is 0 Å². The third kappa shape index (κ3) is 5.22. The van der Waals surface area contributed by atoms with Crippen molar-refractivity contribution in [3.8, 4) is 0 Å². The molecule has 28 heavy (non-hydrogen) atoms. The highest BCUT2D eigenvalue weighted by Crippen LogP contribution is 2.22. The van der Waals surface area contributed by atoms with Crippen molar-refractivity contribution >= 4 is 5.91 Å². The fourth-order valence-electron chi connectivity index (χ4n) is 4.27. The zero-order chi connectivity index (χ0) is 19.9. The molecule has 1 aliphatic carbocycles. The average molecular weight is 383 g/mol. The second-order valence-corrected chi connectivity index (χ2v) is 7.92. The summed E-state index contributed by atoms with van der Waals surface area (Å²) in [6.07, 6.45) is 6.38. The van der Waals surface area contributed by atoms with Crippen LogP contribution in [-0.2, 0) is 17.9 Å². The van der Waals surface area contributed by atoms with Crippen molar-refractivity contribution < 1.29 is 4.79 Å². The maximum atomic E-state index is 12.6. The standard InChI is InChI=1S/C23H34N4O/c1-4-26(21-13-9-6-10-14-21)17-23(28)24-15-22-18(2)25-27(19(22)3)16-20-11-7-5-8-12-20/h5,7-8,11-12,21H,4,6,9-10,13-17H2,1-3H3,(H,24,28). The second-order valence-electron chi connectivity index (χ2n) is 7.92. The van der Waals surface area contributed by atoms with E-state index in [0.717, 1.165) is 30.0 Å². The van der Waals surface area contributed by atoms with Gasteiger partial charge in [0.15, 0.2) is 0 Å². The lowest BCUT2D eigenvalue weighted by atomic mass is 9.94. The largest absolute Gasteiger partial charge is 0.351 e. The predicted molar refractivity (Wildman–Crippen MR) is 113 cm³/mol. The van der Waals surface area contributed by atoms with Crippen molar-refractivity contribution in [1.29, 1.82) is 0 Å². The van der Waals surface area contributed by atoms with Crippen molar-refractivity contribution in [3.63, 3.8) is 0 Å². The Bertz CT molecular complexity index is 762. The highest BCUT2D eigenvalue weighted by molar-refractivity contribution is 5.78. The van der Waals surface area contributed by atoms with Gasteiger partial charge in [0, 0.05) is 23.8 Å². The summed E-state index contributed by atoms with van der Waals surface area (Å²) in [5.74, 6) is 0.113. The fourth-order valence-corrected chi connectivity index (χ4v) is 4.27. The molecule has 2 aromatic rings. The van der Waals surface area contributed by atoms with Gasteiger partial charge in [0.25, 0.3) is 0 Å². The first kappa shape index (κ1) is 20.6. The number of likely N-dealkylation sites (N-methyl/N-ethyl adjacent to an activating group) is 1. The molecule has 1 heterocycles. The molecule has 0 spiro atoms. The zero-order valence-corrected chi connectivity index (χ0v) is 17.6. The number of hydrogen-bond acceptors (Lipinski definition) is 3. The number of nitrogens with zero attached hydrogens (tertiary/aromatic N) is 3. The van der Waals surface area contributed by atoms with Gasteiger partial charge >= 0.3 is 0 Å². The highest BCUT2D eigenvalue weighted by Gasteiger charge is 2.22. The maximum absolute atomic E-state index is 12.6. The van der Waals surface area contributed by atoms with E-state index in [1.807, 2.05) is 29.8 Å². The van der Waals surface area contributed by atoms with Crippen molar-refractivity contribution in [2.24, 2.45) is 0 Å². The quantitative estimate of drug-likeness (QED) is 0.755. The van der Waals surface area contributed by atoms with Crippen molar-refractivity contribution in [2.75, 3.05) is 13.1 Å². The fraction of sp³-hybridized carbons (Fsp3) is 0.565. The Morgan fingerprint density at radius 2 is 1.89 bits per heavy atom. The summed E-state index contributed by atoms with van der Waals surface area (Å²) in [6, 6.07) is 10.9. The molecule has 0 radical (unpaired) electrons.